The van der Waals surface area contributed by atoms with Crippen LogP contribution >= 0.6 is 0 Å². The third-order valence-corrected chi connectivity index (χ3v) is 20.9. The molecule has 2 heterocycles. The minimum atomic E-state index is 0.914. The van der Waals surface area contributed by atoms with E-state index in [4.69, 9.17) is 8.83 Å². The third-order valence-electron chi connectivity index (χ3n) is 20.9. The number of furan rings is 2. The smallest absolute Gasteiger partial charge is 0.136 e. The summed E-state index contributed by atoms with van der Waals surface area (Å²) in [5.41, 5.74) is 20.9. The molecule has 2 aromatic heterocycles. The van der Waals surface area contributed by atoms with Crippen molar-refractivity contribution in [1.29, 1.82) is 0 Å². The third kappa shape index (κ3) is 9.56. The molecular weight excluding hydrogens is 1210 g/mol. The fourth-order valence-corrected chi connectivity index (χ4v) is 16.1. The van der Waals surface area contributed by atoms with Crippen LogP contribution in [0.3, 0.4) is 0 Å². The molecule has 0 aliphatic heterocycles. The SMILES string of the molecule is c1ccc2cc(-c3c4ccccc4c(-c4ccc(-c5ccc6oc7cc8ccccc8cc7c6c5)cc4)c4ccccc34)ccc2c1.c1ccc2cc3c(cc2c1)oc1ccc(-c2ccc(-c4c5ccccc5c(-c5ccc(-c6cccc7ccccc67)cc5)c5ccccc45)cc2)cc13. The van der Waals surface area contributed by atoms with E-state index in [1.807, 2.05) is 0 Å². The number of rotatable bonds is 7. The summed E-state index contributed by atoms with van der Waals surface area (Å²) >= 11 is 0. The molecule has 21 rings (SSSR count). The van der Waals surface area contributed by atoms with Gasteiger partial charge < -0.3 is 8.83 Å². The van der Waals surface area contributed by atoms with Gasteiger partial charge in [-0.05, 0) is 219 Å². The van der Waals surface area contributed by atoms with E-state index in [0.29, 0.717) is 0 Å². The van der Waals surface area contributed by atoms with E-state index < -0.39 is 0 Å². The van der Waals surface area contributed by atoms with E-state index in [1.165, 1.54) is 164 Å². The fraction of sp³-hybridized carbons (Fsp3) is 0. The maximum absolute atomic E-state index is 6.29. The highest BCUT2D eigenvalue weighted by Crippen LogP contribution is 2.48. The van der Waals surface area contributed by atoms with Crippen LogP contribution in [-0.2, 0) is 0 Å². The standard InChI is InChI=1S/C52H32O.C46H28O/c1-2-12-39-32-50-48(30-38(39)11-1)47-31-40(28-29-49(47)53-50)33-20-24-36(25-21-33)51-43-15-5-7-17-45(43)52(46-18-8-6-16-44(46)51)37-26-22-35(23-27-37)42-19-9-13-34-10-3-4-14-41(34)42;1-2-10-32-25-36(22-19-29(32)9-1)46-39-15-7-5-13-37(39)45(38-14-6-8-16-40(38)46)31-20-17-30(18-21-31)35-23-24-43-41(27-35)42-26-33-11-3-4-12-34(33)28-44(42)47-43/h1-32H;1-28H. The van der Waals surface area contributed by atoms with Gasteiger partial charge in [-0.25, -0.2) is 0 Å². The van der Waals surface area contributed by atoms with Crippen LogP contribution in [0.1, 0.15) is 0 Å². The molecule has 0 saturated heterocycles. The summed E-state index contributed by atoms with van der Waals surface area (Å²) in [5.74, 6) is 0. The summed E-state index contributed by atoms with van der Waals surface area (Å²) < 4.78 is 12.6. The van der Waals surface area contributed by atoms with Gasteiger partial charge in [-0.2, -0.15) is 0 Å². The molecular formula is C98H60O2. The first-order chi connectivity index (χ1) is 49.5. The molecule has 2 heteroatoms. The van der Waals surface area contributed by atoms with Crippen LogP contribution in [0, 0.1) is 0 Å². The molecule has 21 aromatic rings. The van der Waals surface area contributed by atoms with Crippen molar-refractivity contribution in [2.75, 3.05) is 0 Å². The second-order valence-corrected chi connectivity index (χ2v) is 26.5. The van der Waals surface area contributed by atoms with Gasteiger partial charge in [-0.1, -0.05) is 309 Å². The topological polar surface area (TPSA) is 26.3 Å². The number of fused-ring (bicyclic) bond motifs is 14. The van der Waals surface area contributed by atoms with Gasteiger partial charge >= 0.3 is 0 Å². The van der Waals surface area contributed by atoms with Crippen molar-refractivity contribution in [3.05, 3.63) is 364 Å². The van der Waals surface area contributed by atoms with Crippen LogP contribution in [0.4, 0.5) is 0 Å². The summed E-state index contributed by atoms with van der Waals surface area (Å²) in [6.45, 7) is 0. The first kappa shape index (κ1) is 57.1. The monoisotopic (exact) mass is 1270 g/mol. The largest absolute Gasteiger partial charge is 0.456 e. The zero-order chi connectivity index (χ0) is 65.8. The lowest BCUT2D eigenvalue weighted by Crippen LogP contribution is -1.91. The lowest BCUT2D eigenvalue weighted by molar-refractivity contribution is 0.669. The molecule has 0 spiro atoms. The first-order valence-corrected chi connectivity index (χ1v) is 34.4. The molecule has 0 N–H and O–H groups in total. The number of benzene rings is 19. The zero-order valence-electron chi connectivity index (χ0n) is 54.5. The Morgan fingerprint density at radius 3 is 0.820 bits per heavy atom. The highest BCUT2D eigenvalue weighted by Gasteiger charge is 2.21. The Kier molecular flexibility index (Phi) is 13.3. The van der Waals surface area contributed by atoms with Crippen molar-refractivity contribution in [2.45, 2.75) is 0 Å². The van der Waals surface area contributed by atoms with Crippen molar-refractivity contribution in [3.63, 3.8) is 0 Å². The summed E-state index contributed by atoms with van der Waals surface area (Å²) in [7, 11) is 0. The Hall–Kier alpha value is -13.1. The first-order valence-electron chi connectivity index (χ1n) is 34.4. The molecule has 0 saturated carbocycles. The van der Waals surface area contributed by atoms with Gasteiger partial charge in [0.25, 0.3) is 0 Å². The summed E-state index contributed by atoms with van der Waals surface area (Å²) in [6, 6.07) is 132. The molecule has 0 aliphatic rings. The molecule has 0 atom stereocenters. The quantitative estimate of drug-likeness (QED) is 0.149. The van der Waals surface area contributed by atoms with Crippen LogP contribution in [0.2, 0.25) is 0 Å². The molecule has 2 nitrogen and oxygen atoms in total. The van der Waals surface area contributed by atoms with Gasteiger partial charge in [0.1, 0.15) is 22.3 Å². The van der Waals surface area contributed by atoms with Crippen molar-refractivity contribution < 1.29 is 8.83 Å². The van der Waals surface area contributed by atoms with Crippen molar-refractivity contribution in [1.82, 2.24) is 0 Å². The average Bonchev–Trinajstić information content (AvgIpc) is 0.911. The van der Waals surface area contributed by atoms with Gasteiger partial charge in [0, 0.05) is 21.5 Å². The van der Waals surface area contributed by atoms with Crippen molar-refractivity contribution in [3.8, 4) is 77.9 Å². The predicted molar refractivity (Wildman–Crippen MR) is 426 cm³/mol. The maximum Gasteiger partial charge on any atom is 0.136 e. The maximum atomic E-state index is 6.29. The average molecular weight is 1270 g/mol. The van der Waals surface area contributed by atoms with Gasteiger partial charge in [0.05, 0.1) is 0 Å². The normalized spacial score (nSPS) is 11.8. The highest BCUT2D eigenvalue weighted by molar-refractivity contribution is 6.24. The van der Waals surface area contributed by atoms with E-state index in [9.17, 15) is 0 Å². The van der Waals surface area contributed by atoms with Gasteiger partial charge in [-0.3, -0.25) is 0 Å². The van der Waals surface area contributed by atoms with Crippen LogP contribution in [0.15, 0.2) is 373 Å². The lowest BCUT2D eigenvalue weighted by Gasteiger charge is -2.18. The Bertz CT molecular complexity index is 6750. The van der Waals surface area contributed by atoms with Crippen LogP contribution in [0.5, 0.6) is 0 Å². The Morgan fingerprint density at radius 1 is 0.130 bits per heavy atom. The predicted octanol–water partition coefficient (Wildman–Crippen LogP) is 28.1. The molecule has 0 radical (unpaired) electrons. The summed E-state index contributed by atoms with van der Waals surface area (Å²) in [6.07, 6.45) is 0. The van der Waals surface area contributed by atoms with E-state index in [1.54, 1.807) is 0 Å². The fourth-order valence-electron chi connectivity index (χ4n) is 16.1. The van der Waals surface area contributed by atoms with Crippen LogP contribution in [0.25, 0.3) is 208 Å². The second kappa shape index (κ2) is 23.3. The second-order valence-electron chi connectivity index (χ2n) is 26.5. The van der Waals surface area contributed by atoms with E-state index in [2.05, 4.69) is 364 Å². The van der Waals surface area contributed by atoms with Crippen molar-refractivity contribution >= 4 is 130 Å². The molecule has 0 unspecified atom stereocenters. The minimum Gasteiger partial charge on any atom is -0.456 e. The van der Waals surface area contributed by atoms with Crippen LogP contribution < -0.4 is 0 Å². The lowest BCUT2D eigenvalue weighted by atomic mass is 9.85. The van der Waals surface area contributed by atoms with Gasteiger partial charge in [0.2, 0.25) is 0 Å². The molecule has 0 aliphatic carbocycles. The molecule has 100 heavy (non-hydrogen) atoms. The molecule has 0 bridgehead atoms. The zero-order valence-corrected chi connectivity index (χ0v) is 54.5. The molecule has 0 fully saturated rings. The number of hydrogen-bond donors (Lipinski definition) is 0. The van der Waals surface area contributed by atoms with E-state index >= 15 is 0 Å². The summed E-state index contributed by atoms with van der Waals surface area (Å²) in [5, 5.41) is 24.6. The van der Waals surface area contributed by atoms with E-state index in [-0.39, 0.29) is 0 Å². The van der Waals surface area contributed by atoms with Gasteiger partial charge in [-0.15, -0.1) is 0 Å². The Labute approximate surface area is 577 Å². The summed E-state index contributed by atoms with van der Waals surface area (Å²) in [4.78, 5) is 0. The highest BCUT2D eigenvalue weighted by atomic mass is 16.3. The minimum absolute atomic E-state index is 0.914. The Morgan fingerprint density at radius 2 is 0.410 bits per heavy atom. The molecule has 19 aromatic carbocycles. The van der Waals surface area contributed by atoms with Gasteiger partial charge in [0.15, 0.2) is 0 Å². The Balaban J connectivity index is 0.000000136. The van der Waals surface area contributed by atoms with E-state index in [0.717, 1.165) is 43.9 Å². The van der Waals surface area contributed by atoms with Crippen LogP contribution in [-0.4, -0.2) is 0 Å². The molecule has 0 amide bonds. The van der Waals surface area contributed by atoms with Crippen molar-refractivity contribution in [2.24, 2.45) is 0 Å². The number of hydrogen-bond acceptors (Lipinski definition) is 2. The molecule has 464 valence electrons.